The van der Waals surface area contributed by atoms with Gasteiger partial charge in [-0.2, -0.15) is 0 Å². The third-order valence-corrected chi connectivity index (χ3v) is 20.0. The quantitative estimate of drug-likeness (QED) is 0.552. The van der Waals surface area contributed by atoms with Crippen LogP contribution in [0.1, 0.15) is 0 Å². The first kappa shape index (κ1) is 7.15. The van der Waals surface area contributed by atoms with Crippen molar-refractivity contribution in [1.82, 2.24) is 5.47 Å². The average molecular weight is 238 g/mol. The van der Waals surface area contributed by atoms with Gasteiger partial charge in [0.1, 0.15) is 0 Å². The Morgan fingerprint density at radius 2 is 1.12 bits per heavy atom. The van der Waals surface area contributed by atoms with Gasteiger partial charge in [-0.15, -0.1) is 0 Å². The van der Waals surface area contributed by atoms with Crippen LogP contribution in [0.15, 0.2) is 0 Å². The number of rotatable bonds is 0. The molecule has 0 spiro atoms. The first-order valence-corrected chi connectivity index (χ1v) is 9.70. The number of nitrogens with zero attached hydrogens (tertiary/aromatic N) is 2. The molecule has 2 nitrogen and oxygen atoms in total. The fourth-order valence-electron chi connectivity index (χ4n) is 0.718. The molecule has 0 aromatic heterocycles. The second-order valence-corrected chi connectivity index (χ2v) is 14.1. The molecule has 0 aromatic carbocycles. The van der Waals surface area contributed by atoms with Gasteiger partial charge in [0.25, 0.3) is 0 Å². The first-order valence-electron chi connectivity index (χ1n) is 2.59. The Kier molecular flexibility index (Phi) is 2.09. The molecule has 0 atom stereocenters. The summed E-state index contributed by atoms with van der Waals surface area (Å²) >= 11 is -1.09. The summed E-state index contributed by atoms with van der Waals surface area (Å²) < 4.78 is 5.25. The van der Waals surface area contributed by atoms with Gasteiger partial charge in [0.15, 0.2) is 0 Å². The summed E-state index contributed by atoms with van der Waals surface area (Å²) in [4.78, 5) is 0. The molecule has 1 aliphatic heterocycles. The van der Waals surface area contributed by atoms with Crippen molar-refractivity contribution in [2.24, 2.45) is 0 Å². The van der Waals surface area contributed by atoms with Gasteiger partial charge in [0.2, 0.25) is 0 Å². The van der Waals surface area contributed by atoms with Crippen molar-refractivity contribution in [3.05, 3.63) is 0 Å². The van der Waals surface area contributed by atoms with Crippen LogP contribution in [0.5, 0.6) is 0 Å². The molecular formula is C4H12As2N2. The third-order valence-electron chi connectivity index (χ3n) is 1.68. The minimum absolute atomic E-state index is 0.543. The van der Waals surface area contributed by atoms with Crippen LogP contribution in [0.2, 0.25) is 11.4 Å². The van der Waals surface area contributed by atoms with Gasteiger partial charge in [-0.05, 0) is 0 Å². The first-order chi connectivity index (χ1) is 3.64. The Balaban J connectivity index is 2.42. The Bertz CT molecular complexity index is 66.0. The minimum atomic E-state index is -0.543. The average Bonchev–Trinajstić information content (AvgIpc) is 1.83. The monoisotopic (exact) mass is 238 g/mol. The molecule has 0 radical (unpaired) electrons. The van der Waals surface area contributed by atoms with Gasteiger partial charge in [-0.1, -0.05) is 0 Å². The summed E-state index contributed by atoms with van der Waals surface area (Å²) in [6.07, 6.45) is 0. The number of hydrogen-bond acceptors (Lipinski definition) is 2. The summed E-state index contributed by atoms with van der Waals surface area (Å²) in [6.45, 7) is 0. The third kappa shape index (κ3) is 0.884. The van der Waals surface area contributed by atoms with E-state index < -0.39 is 30.2 Å². The van der Waals surface area contributed by atoms with Crippen molar-refractivity contribution in [2.75, 3.05) is 14.1 Å². The molecule has 1 saturated heterocycles. The summed E-state index contributed by atoms with van der Waals surface area (Å²) in [5.74, 6) is 0. The summed E-state index contributed by atoms with van der Waals surface area (Å²) in [5, 5.41) is 0. The normalized spacial score (nSPS) is 42.0. The van der Waals surface area contributed by atoms with Crippen molar-refractivity contribution >= 4 is 30.2 Å². The van der Waals surface area contributed by atoms with E-state index >= 15 is 0 Å². The van der Waals surface area contributed by atoms with Gasteiger partial charge >= 0.3 is 61.2 Å². The fraction of sp³-hybridized carbons (Fsp3) is 1.00. The van der Waals surface area contributed by atoms with Crippen LogP contribution in [-0.2, 0) is 0 Å². The van der Waals surface area contributed by atoms with E-state index in [0.29, 0.717) is 0 Å². The predicted octanol–water partition coefficient (Wildman–Crippen LogP) is 0.0996. The second kappa shape index (κ2) is 2.34. The van der Waals surface area contributed by atoms with Gasteiger partial charge in [-0.3, -0.25) is 0 Å². The zero-order valence-corrected chi connectivity index (χ0v) is 9.54. The van der Waals surface area contributed by atoms with Crippen LogP contribution in [0.4, 0.5) is 0 Å². The maximum absolute atomic E-state index is 2.62. The fourth-order valence-corrected chi connectivity index (χ4v) is 15.5. The van der Waals surface area contributed by atoms with E-state index in [4.69, 9.17) is 0 Å². The molecule has 4 heteroatoms. The Hall–Kier alpha value is 1.04. The van der Waals surface area contributed by atoms with E-state index in [1.54, 1.807) is 0 Å². The SMILES string of the molecule is CN1[As](C)N(C)[As]1C. The molecular weight excluding hydrogens is 226 g/mol. The predicted molar refractivity (Wildman–Crippen MR) is 38.8 cm³/mol. The molecule has 0 aromatic rings. The van der Waals surface area contributed by atoms with Crippen molar-refractivity contribution in [3.8, 4) is 0 Å². The van der Waals surface area contributed by atoms with E-state index in [2.05, 4.69) is 31.0 Å². The maximum atomic E-state index is 2.62. The van der Waals surface area contributed by atoms with E-state index in [0.717, 1.165) is 0 Å². The molecule has 1 aliphatic rings. The second-order valence-electron chi connectivity index (χ2n) is 1.96. The zero-order valence-electron chi connectivity index (χ0n) is 5.79. The topological polar surface area (TPSA) is 6.48 Å². The number of hydrogen-bond donors (Lipinski definition) is 0. The van der Waals surface area contributed by atoms with Crippen LogP contribution in [0, 0.1) is 0 Å². The molecule has 48 valence electrons. The van der Waals surface area contributed by atoms with Gasteiger partial charge in [0.05, 0.1) is 0 Å². The van der Waals surface area contributed by atoms with Crippen molar-refractivity contribution < 1.29 is 0 Å². The van der Waals surface area contributed by atoms with Crippen LogP contribution in [0.3, 0.4) is 0 Å². The zero-order chi connectivity index (χ0) is 6.31. The standard InChI is InChI=1S/C4H12As2N2/c1-5-7(3)6(2)8(5)4/h1-4H3. The van der Waals surface area contributed by atoms with Gasteiger partial charge in [-0.25, -0.2) is 0 Å². The van der Waals surface area contributed by atoms with E-state index in [1.165, 1.54) is 0 Å². The molecule has 1 fully saturated rings. The van der Waals surface area contributed by atoms with Crippen LogP contribution in [-0.4, -0.2) is 49.8 Å². The van der Waals surface area contributed by atoms with Crippen molar-refractivity contribution in [2.45, 2.75) is 11.4 Å². The van der Waals surface area contributed by atoms with E-state index in [9.17, 15) is 0 Å². The summed E-state index contributed by atoms with van der Waals surface area (Å²) in [5.41, 5.74) is 4.78. The summed E-state index contributed by atoms with van der Waals surface area (Å²) in [7, 11) is 4.56. The Labute approximate surface area is 61.3 Å². The Morgan fingerprint density at radius 3 is 1.25 bits per heavy atom. The molecule has 8 heavy (non-hydrogen) atoms. The van der Waals surface area contributed by atoms with Crippen LogP contribution < -0.4 is 0 Å². The summed E-state index contributed by atoms with van der Waals surface area (Å²) in [6, 6.07) is 0. The van der Waals surface area contributed by atoms with Crippen molar-refractivity contribution in [1.29, 1.82) is 0 Å². The van der Waals surface area contributed by atoms with Gasteiger partial charge < -0.3 is 0 Å². The Morgan fingerprint density at radius 1 is 0.875 bits per heavy atom. The molecule has 0 amide bonds. The van der Waals surface area contributed by atoms with Crippen LogP contribution >= 0.6 is 0 Å². The van der Waals surface area contributed by atoms with E-state index in [1.807, 2.05) is 0 Å². The molecule has 0 saturated carbocycles. The molecule has 0 aliphatic carbocycles. The molecule has 0 bridgehead atoms. The van der Waals surface area contributed by atoms with Crippen LogP contribution in [0.25, 0.3) is 0 Å². The molecule has 1 heterocycles. The van der Waals surface area contributed by atoms with E-state index in [-0.39, 0.29) is 0 Å². The molecule has 0 unspecified atom stereocenters. The van der Waals surface area contributed by atoms with Gasteiger partial charge in [0, 0.05) is 0 Å². The van der Waals surface area contributed by atoms with Crippen molar-refractivity contribution in [3.63, 3.8) is 0 Å². The molecule has 0 N–H and O–H groups in total. The molecule has 1 rings (SSSR count).